The average Bonchev–Trinajstić information content (AvgIpc) is 2.95. The van der Waals surface area contributed by atoms with Gasteiger partial charge in [-0.05, 0) is 12.1 Å². The van der Waals surface area contributed by atoms with Crippen molar-refractivity contribution in [2.75, 3.05) is 19.5 Å². The van der Waals surface area contributed by atoms with Crippen LogP contribution in [0.3, 0.4) is 0 Å². The van der Waals surface area contributed by atoms with Crippen LogP contribution in [0.4, 0.5) is 0 Å². The fraction of sp³-hybridized carbons (Fsp3) is 0.357. The Kier molecular flexibility index (Phi) is 5.39. The van der Waals surface area contributed by atoms with Crippen molar-refractivity contribution >= 4 is 33.7 Å². The molecule has 0 spiro atoms. The minimum Gasteiger partial charge on any atom is -0.493 e. The summed E-state index contributed by atoms with van der Waals surface area (Å²) in [5.41, 5.74) is 0.810. The second kappa shape index (κ2) is 7.07. The highest BCUT2D eigenvalue weighted by molar-refractivity contribution is 9.10. The maximum Gasteiger partial charge on any atom is 0.321 e. The van der Waals surface area contributed by atoms with E-state index in [0.717, 1.165) is 10.0 Å². The van der Waals surface area contributed by atoms with E-state index in [9.17, 15) is 4.79 Å². The first-order chi connectivity index (χ1) is 10.1. The predicted molar refractivity (Wildman–Crippen MR) is 84.8 cm³/mol. The first-order valence-electron chi connectivity index (χ1n) is 6.11. The summed E-state index contributed by atoms with van der Waals surface area (Å²) in [5.74, 6) is 3.13. The van der Waals surface area contributed by atoms with Gasteiger partial charge in [-0.15, -0.1) is 18.2 Å². The minimum atomic E-state index is -0.863. The third kappa shape index (κ3) is 3.64. The van der Waals surface area contributed by atoms with E-state index in [-0.39, 0.29) is 12.0 Å². The van der Waals surface area contributed by atoms with Gasteiger partial charge in [0.25, 0.3) is 0 Å². The molecule has 21 heavy (non-hydrogen) atoms. The molecule has 112 valence electrons. The molecule has 2 atom stereocenters. The Hall–Kier alpha value is -1.36. The first-order valence-corrected chi connectivity index (χ1v) is 7.95. The number of halogens is 1. The number of benzene rings is 1. The van der Waals surface area contributed by atoms with Crippen LogP contribution in [0.25, 0.3) is 0 Å². The smallest absolute Gasteiger partial charge is 0.321 e. The number of carboxylic acids is 1. The standard InChI is InChI=1S/C14H14BrNO4S/c1-3-4-20-12-9(5-8(15)6-11(12)19-2)13-16-10(7-21-13)14(17)18/h1,5-6,10,13,16H,4,7H2,2H3,(H,17,18)/t10-,13+/m1/s1. The molecule has 7 heteroatoms. The van der Waals surface area contributed by atoms with Crippen molar-refractivity contribution in [3.05, 3.63) is 22.2 Å². The molecular formula is C14H14BrNO4S. The Bertz CT molecular complexity index is 587. The topological polar surface area (TPSA) is 67.8 Å². The summed E-state index contributed by atoms with van der Waals surface area (Å²) >= 11 is 4.93. The predicted octanol–water partition coefficient (Wildman–Crippen LogP) is 2.26. The third-order valence-corrected chi connectivity index (χ3v) is 4.64. The van der Waals surface area contributed by atoms with Crippen LogP contribution >= 0.6 is 27.7 Å². The van der Waals surface area contributed by atoms with Crippen molar-refractivity contribution in [2.24, 2.45) is 0 Å². The fourth-order valence-corrected chi connectivity index (χ4v) is 3.69. The number of terminal acetylenes is 1. The fourth-order valence-electron chi connectivity index (χ4n) is 2.00. The Morgan fingerprint density at radius 2 is 2.43 bits per heavy atom. The zero-order valence-corrected chi connectivity index (χ0v) is 13.7. The minimum absolute atomic E-state index is 0.116. The van der Waals surface area contributed by atoms with Crippen LogP contribution in [0.1, 0.15) is 10.9 Å². The maximum absolute atomic E-state index is 11.1. The zero-order chi connectivity index (χ0) is 15.4. The highest BCUT2D eigenvalue weighted by Crippen LogP contribution is 2.43. The summed E-state index contributed by atoms with van der Waals surface area (Å²) in [5, 5.41) is 11.9. The van der Waals surface area contributed by atoms with E-state index < -0.39 is 12.0 Å². The van der Waals surface area contributed by atoms with Gasteiger partial charge in [0.2, 0.25) is 0 Å². The molecule has 0 unspecified atom stereocenters. The Morgan fingerprint density at radius 3 is 3.00 bits per heavy atom. The molecular weight excluding hydrogens is 358 g/mol. The lowest BCUT2D eigenvalue weighted by molar-refractivity contribution is -0.138. The Labute approximate surface area is 135 Å². The van der Waals surface area contributed by atoms with E-state index in [1.165, 1.54) is 11.8 Å². The summed E-state index contributed by atoms with van der Waals surface area (Å²) < 4.78 is 11.7. The molecule has 1 saturated heterocycles. The zero-order valence-electron chi connectivity index (χ0n) is 11.3. The molecule has 0 bridgehead atoms. The van der Waals surface area contributed by atoms with Crippen molar-refractivity contribution in [3.8, 4) is 23.8 Å². The molecule has 1 aliphatic heterocycles. The number of nitrogens with one attached hydrogen (secondary N) is 1. The highest BCUT2D eigenvalue weighted by atomic mass is 79.9. The molecule has 5 nitrogen and oxygen atoms in total. The van der Waals surface area contributed by atoms with Crippen molar-refractivity contribution in [3.63, 3.8) is 0 Å². The van der Waals surface area contributed by atoms with Crippen LogP contribution in [-0.4, -0.2) is 36.6 Å². The molecule has 0 amide bonds. The largest absolute Gasteiger partial charge is 0.493 e. The molecule has 1 aliphatic rings. The van der Waals surface area contributed by atoms with Crippen molar-refractivity contribution in [1.29, 1.82) is 0 Å². The second-order valence-electron chi connectivity index (χ2n) is 4.29. The van der Waals surface area contributed by atoms with Crippen molar-refractivity contribution in [2.45, 2.75) is 11.4 Å². The van der Waals surface area contributed by atoms with E-state index in [1.807, 2.05) is 6.07 Å². The second-order valence-corrected chi connectivity index (χ2v) is 6.34. The summed E-state index contributed by atoms with van der Waals surface area (Å²) in [6.07, 6.45) is 5.24. The van der Waals surface area contributed by atoms with Gasteiger partial charge in [0, 0.05) is 15.8 Å². The van der Waals surface area contributed by atoms with E-state index in [0.29, 0.717) is 17.3 Å². The van der Waals surface area contributed by atoms with E-state index in [2.05, 4.69) is 27.2 Å². The van der Waals surface area contributed by atoms with E-state index in [4.69, 9.17) is 21.0 Å². The number of rotatable bonds is 5. The molecule has 0 aliphatic carbocycles. The molecule has 0 saturated carbocycles. The van der Waals surface area contributed by atoms with Gasteiger partial charge in [-0.2, -0.15) is 0 Å². The maximum atomic E-state index is 11.1. The molecule has 2 N–H and O–H groups in total. The quantitative estimate of drug-likeness (QED) is 0.773. The summed E-state index contributed by atoms with van der Waals surface area (Å²) in [6.45, 7) is 0.116. The number of ether oxygens (including phenoxy) is 2. The van der Waals surface area contributed by atoms with Gasteiger partial charge >= 0.3 is 5.97 Å². The molecule has 2 rings (SSSR count). The molecule has 1 heterocycles. The lowest BCUT2D eigenvalue weighted by atomic mass is 10.1. The van der Waals surface area contributed by atoms with Gasteiger partial charge < -0.3 is 14.6 Å². The Morgan fingerprint density at radius 1 is 1.67 bits per heavy atom. The molecule has 1 aromatic carbocycles. The monoisotopic (exact) mass is 371 g/mol. The normalized spacial score (nSPS) is 20.8. The average molecular weight is 372 g/mol. The lowest BCUT2D eigenvalue weighted by Crippen LogP contribution is -2.33. The highest BCUT2D eigenvalue weighted by Gasteiger charge is 2.33. The van der Waals surface area contributed by atoms with Crippen molar-refractivity contribution < 1.29 is 19.4 Å². The number of hydrogen-bond donors (Lipinski definition) is 2. The van der Waals surface area contributed by atoms with Gasteiger partial charge in [0.05, 0.1) is 12.5 Å². The van der Waals surface area contributed by atoms with Crippen LogP contribution in [0.2, 0.25) is 0 Å². The van der Waals surface area contributed by atoms with E-state index >= 15 is 0 Å². The number of methoxy groups -OCH3 is 1. The van der Waals surface area contributed by atoms with Crippen LogP contribution < -0.4 is 14.8 Å². The van der Waals surface area contributed by atoms with Crippen LogP contribution in [0.15, 0.2) is 16.6 Å². The SMILES string of the molecule is C#CCOc1c(OC)cc(Br)cc1[C@H]1N[C@@H](C(=O)O)CS1. The number of hydrogen-bond acceptors (Lipinski definition) is 5. The third-order valence-electron chi connectivity index (χ3n) is 2.93. The van der Waals surface area contributed by atoms with Gasteiger partial charge in [-0.25, -0.2) is 0 Å². The Balaban J connectivity index is 2.35. The first kappa shape index (κ1) is 16.0. The van der Waals surface area contributed by atoms with E-state index in [1.54, 1.807) is 13.2 Å². The van der Waals surface area contributed by atoms with Crippen LogP contribution in [0, 0.1) is 12.3 Å². The van der Waals surface area contributed by atoms with Gasteiger partial charge in [-0.3, -0.25) is 10.1 Å². The van der Waals surface area contributed by atoms with Crippen molar-refractivity contribution in [1.82, 2.24) is 5.32 Å². The number of thioether (sulfide) groups is 1. The van der Waals surface area contributed by atoms with Gasteiger partial charge in [0.15, 0.2) is 11.5 Å². The van der Waals surface area contributed by atoms with Gasteiger partial charge in [-0.1, -0.05) is 21.9 Å². The molecule has 0 aromatic heterocycles. The lowest BCUT2D eigenvalue weighted by Gasteiger charge is -2.19. The van der Waals surface area contributed by atoms with Crippen LogP contribution in [-0.2, 0) is 4.79 Å². The number of carboxylic acid groups (broad SMARTS) is 1. The van der Waals surface area contributed by atoms with Crippen LogP contribution in [0.5, 0.6) is 11.5 Å². The number of carbonyl (C=O) groups is 1. The molecule has 0 radical (unpaired) electrons. The summed E-state index contributed by atoms with van der Waals surface area (Å²) in [4.78, 5) is 11.1. The van der Waals surface area contributed by atoms with Gasteiger partial charge in [0.1, 0.15) is 12.6 Å². The number of aliphatic carboxylic acids is 1. The molecule has 1 aromatic rings. The summed E-state index contributed by atoms with van der Waals surface area (Å²) in [6, 6.07) is 3.08. The summed E-state index contributed by atoms with van der Waals surface area (Å²) in [7, 11) is 1.55. The molecule has 1 fully saturated rings.